The molecule has 90 valence electrons. The molecular formula is C12H14N2O2S. The molecule has 3 N–H and O–H groups in total. The van der Waals surface area contributed by atoms with Crippen molar-refractivity contribution in [2.75, 3.05) is 5.32 Å². The van der Waals surface area contributed by atoms with Gasteiger partial charge in [0.1, 0.15) is 11.5 Å². The van der Waals surface area contributed by atoms with Crippen LogP contribution in [0.2, 0.25) is 0 Å². The van der Waals surface area contributed by atoms with E-state index in [2.05, 4.69) is 10.3 Å². The molecule has 0 aliphatic rings. The second kappa shape index (κ2) is 5.05. The SMILES string of the molecule is CCc1csc(NCc2c(O)cccc2O)n1. The zero-order valence-electron chi connectivity index (χ0n) is 9.47. The molecule has 0 radical (unpaired) electrons. The number of rotatable bonds is 4. The van der Waals surface area contributed by atoms with Gasteiger partial charge in [-0.25, -0.2) is 4.98 Å². The van der Waals surface area contributed by atoms with Crippen LogP contribution in [0.25, 0.3) is 0 Å². The Morgan fingerprint density at radius 3 is 2.59 bits per heavy atom. The minimum absolute atomic E-state index is 0.0878. The van der Waals surface area contributed by atoms with Crippen molar-refractivity contribution in [2.24, 2.45) is 0 Å². The van der Waals surface area contributed by atoms with Gasteiger partial charge in [-0.1, -0.05) is 13.0 Å². The van der Waals surface area contributed by atoms with Gasteiger partial charge >= 0.3 is 0 Å². The number of anilines is 1. The quantitative estimate of drug-likeness (QED) is 0.780. The van der Waals surface area contributed by atoms with E-state index in [0.29, 0.717) is 12.1 Å². The van der Waals surface area contributed by atoms with Crippen LogP contribution in [0.15, 0.2) is 23.6 Å². The monoisotopic (exact) mass is 250 g/mol. The lowest BCUT2D eigenvalue weighted by Gasteiger charge is -2.07. The highest BCUT2D eigenvalue weighted by atomic mass is 32.1. The van der Waals surface area contributed by atoms with E-state index in [1.54, 1.807) is 18.2 Å². The number of nitrogens with one attached hydrogen (secondary N) is 1. The third kappa shape index (κ3) is 2.68. The molecule has 1 heterocycles. The van der Waals surface area contributed by atoms with Gasteiger partial charge in [-0.3, -0.25) is 0 Å². The summed E-state index contributed by atoms with van der Waals surface area (Å²) in [4.78, 5) is 4.35. The first-order chi connectivity index (χ1) is 8.20. The molecule has 0 aliphatic carbocycles. The first-order valence-electron chi connectivity index (χ1n) is 5.38. The predicted molar refractivity (Wildman–Crippen MR) is 68.6 cm³/mol. The topological polar surface area (TPSA) is 65.4 Å². The number of hydrogen-bond acceptors (Lipinski definition) is 5. The van der Waals surface area contributed by atoms with E-state index in [-0.39, 0.29) is 11.5 Å². The third-order valence-electron chi connectivity index (χ3n) is 2.46. The minimum Gasteiger partial charge on any atom is -0.507 e. The maximum atomic E-state index is 9.60. The standard InChI is InChI=1S/C12H14N2O2S/c1-2-8-7-17-12(14-8)13-6-9-10(15)4-3-5-11(9)16/h3-5,7,15-16H,2,6H2,1H3,(H,13,14). The van der Waals surface area contributed by atoms with Gasteiger partial charge in [0, 0.05) is 11.9 Å². The number of aryl methyl sites for hydroxylation is 1. The van der Waals surface area contributed by atoms with E-state index >= 15 is 0 Å². The van der Waals surface area contributed by atoms with Gasteiger partial charge in [-0.05, 0) is 18.6 Å². The second-order valence-electron chi connectivity index (χ2n) is 3.63. The van der Waals surface area contributed by atoms with E-state index < -0.39 is 0 Å². The predicted octanol–water partition coefficient (Wildman–Crippen LogP) is 2.73. The molecule has 0 saturated carbocycles. The van der Waals surface area contributed by atoms with E-state index in [9.17, 15) is 10.2 Å². The molecule has 0 unspecified atom stereocenters. The number of phenols is 2. The van der Waals surface area contributed by atoms with Crippen molar-refractivity contribution in [3.05, 3.63) is 34.8 Å². The Kier molecular flexibility index (Phi) is 3.49. The fraction of sp³-hybridized carbons (Fsp3) is 0.250. The van der Waals surface area contributed by atoms with Gasteiger partial charge in [0.15, 0.2) is 5.13 Å². The maximum absolute atomic E-state index is 9.60. The summed E-state index contributed by atoms with van der Waals surface area (Å²) in [5.41, 5.74) is 1.53. The van der Waals surface area contributed by atoms with Crippen molar-refractivity contribution in [3.63, 3.8) is 0 Å². The van der Waals surface area contributed by atoms with Crippen molar-refractivity contribution >= 4 is 16.5 Å². The van der Waals surface area contributed by atoms with Crippen LogP contribution < -0.4 is 5.32 Å². The molecule has 17 heavy (non-hydrogen) atoms. The Bertz CT molecular complexity index is 491. The van der Waals surface area contributed by atoms with Crippen molar-refractivity contribution in [1.29, 1.82) is 0 Å². The summed E-state index contributed by atoms with van der Waals surface area (Å²) in [5, 5.41) is 25.1. The fourth-order valence-corrected chi connectivity index (χ4v) is 2.25. The summed E-state index contributed by atoms with van der Waals surface area (Å²) in [7, 11) is 0. The molecule has 1 aromatic carbocycles. The molecule has 5 heteroatoms. The molecule has 0 atom stereocenters. The number of aromatic nitrogens is 1. The first kappa shape index (κ1) is 11.7. The Morgan fingerprint density at radius 2 is 2.00 bits per heavy atom. The summed E-state index contributed by atoms with van der Waals surface area (Å²) in [6.07, 6.45) is 0.903. The third-order valence-corrected chi connectivity index (χ3v) is 3.31. The zero-order chi connectivity index (χ0) is 12.3. The average Bonchev–Trinajstić information content (AvgIpc) is 2.76. The lowest BCUT2D eigenvalue weighted by Crippen LogP contribution is -1.99. The van der Waals surface area contributed by atoms with Gasteiger partial charge in [0.2, 0.25) is 0 Å². The molecule has 4 nitrogen and oxygen atoms in total. The van der Waals surface area contributed by atoms with Crippen LogP contribution in [0.5, 0.6) is 11.5 Å². The highest BCUT2D eigenvalue weighted by Gasteiger charge is 2.07. The van der Waals surface area contributed by atoms with Crippen LogP contribution >= 0.6 is 11.3 Å². The maximum Gasteiger partial charge on any atom is 0.183 e. The highest BCUT2D eigenvalue weighted by molar-refractivity contribution is 7.13. The molecule has 2 rings (SSSR count). The molecule has 2 aromatic rings. The largest absolute Gasteiger partial charge is 0.507 e. The lowest BCUT2D eigenvalue weighted by atomic mass is 10.2. The van der Waals surface area contributed by atoms with Crippen LogP contribution in [0.1, 0.15) is 18.2 Å². The fourth-order valence-electron chi connectivity index (χ4n) is 1.46. The van der Waals surface area contributed by atoms with Crippen LogP contribution in [0.4, 0.5) is 5.13 Å². The van der Waals surface area contributed by atoms with Gasteiger partial charge in [0.25, 0.3) is 0 Å². The van der Waals surface area contributed by atoms with E-state index in [1.807, 2.05) is 12.3 Å². The van der Waals surface area contributed by atoms with Gasteiger partial charge in [0.05, 0.1) is 11.3 Å². The summed E-state index contributed by atoms with van der Waals surface area (Å²) in [6.45, 7) is 2.41. The molecule has 1 aromatic heterocycles. The molecular weight excluding hydrogens is 236 g/mol. The molecule has 0 bridgehead atoms. The molecule has 0 aliphatic heterocycles. The van der Waals surface area contributed by atoms with E-state index in [4.69, 9.17) is 0 Å². The summed E-state index contributed by atoms with van der Waals surface area (Å²) in [6, 6.07) is 4.71. The summed E-state index contributed by atoms with van der Waals surface area (Å²) < 4.78 is 0. The van der Waals surface area contributed by atoms with Crippen molar-refractivity contribution in [1.82, 2.24) is 4.98 Å². The van der Waals surface area contributed by atoms with Crippen molar-refractivity contribution < 1.29 is 10.2 Å². The van der Waals surface area contributed by atoms with E-state index in [0.717, 1.165) is 17.2 Å². The Labute approximate surface area is 104 Å². The lowest BCUT2D eigenvalue weighted by molar-refractivity contribution is 0.440. The molecule has 0 fully saturated rings. The number of thiazole rings is 1. The summed E-state index contributed by atoms with van der Waals surface area (Å²) in [5.74, 6) is 0.176. The second-order valence-corrected chi connectivity index (χ2v) is 4.48. The zero-order valence-corrected chi connectivity index (χ0v) is 10.3. The Balaban J connectivity index is 2.07. The normalized spacial score (nSPS) is 10.4. The summed E-state index contributed by atoms with van der Waals surface area (Å²) >= 11 is 1.52. The molecule has 0 amide bonds. The Hall–Kier alpha value is -1.75. The number of hydrogen-bond donors (Lipinski definition) is 3. The minimum atomic E-state index is 0.0878. The van der Waals surface area contributed by atoms with E-state index in [1.165, 1.54) is 11.3 Å². The van der Waals surface area contributed by atoms with Crippen molar-refractivity contribution in [2.45, 2.75) is 19.9 Å². The number of benzene rings is 1. The first-order valence-corrected chi connectivity index (χ1v) is 6.26. The number of aromatic hydroxyl groups is 2. The van der Waals surface area contributed by atoms with Crippen LogP contribution in [-0.2, 0) is 13.0 Å². The number of nitrogens with zero attached hydrogens (tertiary/aromatic N) is 1. The van der Waals surface area contributed by atoms with Crippen LogP contribution in [-0.4, -0.2) is 15.2 Å². The van der Waals surface area contributed by atoms with Crippen LogP contribution in [0.3, 0.4) is 0 Å². The number of phenolic OH excluding ortho intramolecular Hbond substituents is 2. The van der Waals surface area contributed by atoms with Crippen LogP contribution in [0, 0.1) is 0 Å². The van der Waals surface area contributed by atoms with Gasteiger partial charge in [-0.2, -0.15) is 0 Å². The van der Waals surface area contributed by atoms with Crippen molar-refractivity contribution in [3.8, 4) is 11.5 Å². The highest BCUT2D eigenvalue weighted by Crippen LogP contribution is 2.27. The Morgan fingerprint density at radius 1 is 1.29 bits per heavy atom. The molecule has 0 saturated heterocycles. The van der Waals surface area contributed by atoms with Gasteiger partial charge < -0.3 is 15.5 Å². The average molecular weight is 250 g/mol. The van der Waals surface area contributed by atoms with Gasteiger partial charge in [-0.15, -0.1) is 11.3 Å². The smallest absolute Gasteiger partial charge is 0.183 e. The molecule has 0 spiro atoms.